The third-order valence-electron chi connectivity index (χ3n) is 8.80. The molecule has 16 heteroatoms. The summed E-state index contributed by atoms with van der Waals surface area (Å²) in [7, 11) is 0. The smallest absolute Gasteiger partial charge is 0.326 e. The second-order valence-electron chi connectivity index (χ2n) is 14.2. The summed E-state index contributed by atoms with van der Waals surface area (Å²) < 4.78 is 0. The van der Waals surface area contributed by atoms with Crippen molar-refractivity contribution in [2.24, 2.45) is 23.5 Å². The minimum absolute atomic E-state index is 0.0201. The van der Waals surface area contributed by atoms with Gasteiger partial charge in [0.15, 0.2) is 0 Å². The molecule has 15 nitrogen and oxygen atoms in total. The molecule has 8 atom stereocenters. The van der Waals surface area contributed by atoms with Crippen LogP contribution >= 0.6 is 11.8 Å². The number of rotatable bonds is 23. The molecule has 53 heavy (non-hydrogen) atoms. The number of carboxylic acids is 1. The van der Waals surface area contributed by atoms with E-state index < -0.39 is 83.7 Å². The Labute approximate surface area is 317 Å². The summed E-state index contributed by atoms with van der Waals surface area (Å²) in [6, 6.07) is 1.49. The van der Waals surface area contributed by atoms with Gasteiger partial charge in [0, 0.05) is 6.42 Å². The van der Waals surface area contributed by atoms with Gasteiger partial charge < -0.3 is 42.7 Å². The van der Waals surface area contributed by atoms with Gasteiger partial charge in [0.1, 0.15) is 36.3 Å². The van der Waals surface area contributed by atoms with E-state index in [1.807, 2.05) is 27.0 Å². The van der Waals surface area contributed by atoms with Crippen molar-refractivity contribution in [1.29, 1.82) is 0 Å². The summed E-state index contributed by atoms with van der Waals surface area (Å²) in [5.41, 5.74) is 6.60. The molecule has 1 aromatic rings. The largest absolute Gasteiger partial charge is 0.480 e. The number of carbonyl (C=O) groups excluding carboxylic acids is 6. The van der Waals surface area contributed by atoms with Gasteiger partial charge in [-0.2, -0.15) is 11.8 Å². The average Bonchev–Trinajstić information content (AvgIpc) is 3.10. The van der Waals surface area contributed by atoms with Crippen LogP contribution in [0, 0.1) is 17.8 Å². The Hall–Kier alpha value is -4.18. The van der Waals surface area contributed by atoms with Gasteiger partial charge in [0.25, 0.3) is 0 Å². The SMILES string of the molecule is CC[C@H](C)[C@H](NC(=O)[C@H](C)NC(=O)[C@H](CC(C)C)NC(=O)[C@H](C)NC(=O)[C@@H](N)C(C)C)C(=O)N[C@@H](CCSC)C(=O)N[C@@H](Cc1ccccc1)C(=O)O. The number of amides is 6. The van der Waals surface area contributed by atoms with Crippen molar-refractivity contribution in [2.45, 2.75) is 123 Å². The summed E-state index contributed by atoms with van der Waals surface area (Å²) in [5, 5.41) is 25.6. The highest BCUT2D eigenvalue weighted by molar-refractivity contribution is 7.98. The Kier molecular flexibility index (Phi) is 20.7. The lowest BCUT2D eigenvalue weighted by Gasteiger charge is -2.29. The van der Waals surface area contributed by atoms with Crippen LogP contribution in [0.4, 0.5) is 0 Å². The van der Waals surface area contributed by atoms with Crippen LogP contribution in [0.25, 0.3) is 0 Å². The summed E-state index contributed by atoms with van der Waals surface area (Å²) in [6.45, 7) is 13.8. The first-order valence-electron chi connectivity index (χ1n) is 18.2. The van der Waals surface area contributed by atoms with Crippen LogP contribution < -0.4 is 37.6 Å². The molecule has 0 fully saturated rings. The summed E-state index contributed by atoms with van der Waals surface area (Å²) >= 11 is 1.45. The monoisotopic (exact) mass is 763 g/mol. The number of carbonyl (C=O) groups is 7. The van der Waals surface area contributed by atoms with Crippen molar-refractivity contribution < 1.29 is 38.7 Å². The molecule has 0 bridgehead atoms. The molecule has 6 amide bonds. The van der Waals surface area contributed by atoms with E-state index in [0.29, 0.717) is 17.7 Å². The molecule has 0 saturated heterocycles. The van der Waals surface area contributed by atoms with Gasteiger partial charge in [0.05, 0.1) is 6.04 Å². The maximum absolute atomic E-state index is 13.7. The number of hydrogen-bond acceptors (Lipinski definition) is 9. The lowest BCUT2D eigenvalue weighted by molar-refractivity contribution is -0.142. The maximum atomic E-state index is 13.7. The number of nitrogens with one attached hydrogen (secondary N) is 6. The van der Waals surface area contributed by atoms with E-state index in [4.69, 9.17) is 5.73 Å². The molecular weight excluding hydrogens is 703 g/mol. The topological polar surface area (TPSA) is 238 Å². The number of benzene rings is 1. The molecule has 0 radical (unpaired) electrons. The van der Waals surface area contributed by atoms with Gasteiger partial charge in [0.2, 0.25) is 35.4 Å². The van der Waals surface area contributed by atoms with Gasteiger partial charge in [-0.1, -0.05) is 78.3 Å². The number of aliphatic carboxylic acids is 1. The van der Waals surface area contributed by atoms with Crippen molar-refractivity contribution in [3.05, 3.63) is 35.9 Å². The van der Waals surface area contributed by atoms with Crippen molar-refractivity contribution >= 4 is 53.2 Å². The van der Waals surface area contributed by atoms with Crippen molar-refractivity contribution in [1.82, 2.24) is 31.9 Å². The van der Waals surface area contributed by atoms with E-state index in [0.717, 1.165) is 0 Å². The Morgan fingerprint density at radius 1 is 0.679 bits per heavy atom. The molecule has 9 N–H and O–H groups in total. The third kappa shape index (κ3) is 16.6. The van der Waals surface area contributed by atoms with Crippen LogP contribution in [0.3, 0.4) is 0 Å². The molecule has 0 aliphatic heterocycles. The van der Waals surface area contributed by atoms with E-state index >= 15 is 0 Å². The highest BCUT2D eigenvalue weighted by Gasteiger charge is 2.34. The van der Waals surface area contributed by atoms with Gasteiger partial charge in [-0.15, -0.1) is 0 Å². The van der Waals surface area contributed by atoms with Gasteiger partial charge >= 0.3 is 5.97 Å². The Morgan fingerprint density at radius 2 is 1.19 bits per heavy atom. The zero-order valence-electron chi connectivity index (χ0n) is 32.5. The quantitative estimate of drug-likeness (QED) is 0.0790. The molecule has 0 unspecified atom stereocenters. The number of hydrogen-bond donors (Lipinski definition) is 8. The predicted molar refractivity (Wildman–Crippen MR) is 205 cm³/mol. The minimum atomic E-state index is -1.23. The van der Waals surface area contributed by atoms with Crippen LogP contribution in [0.1, 0.15) is 80.2 Å². The fourth-order valence-corrected chi connectivity index (χ4v) is 5.60. The first-order valence-corrected chi connectivity index (χ1v) is 19.6. The second kappa shape index (κ2) is 23.5. The molecule has 0 heterocycles. The Bertz CT molecular complexity index is 1380. The van der Waals surface area contributed by atoms with E-state index in [1.165, 1.54) is 25.6 Å². The summed E-state index contributed by atoms with van der Waals surface area (Å²) in [4.78, 5) is 91.2. The van der Waals surface area contributed by atoms with Gasteiger partial charge in [-0.25, -0.2) is 4.79 Å². The molecular formula is C37H61N7O8S. The van der Waals surface area contributed by atoms with Crippen molar-refractivity contribution in [2.75, 3.05) is 12.0 Å². The predicted octanol–water partition coefficient (Wildman–Crippen LogP) is 1.09. The highest BCUT2D eigenvalue weighted by Crippen LogP contribution is 2.12. The first-order chi connectivity index (χ1) is 24.8. The third-order valence-corrected chi connectivity index (χ3v) is 9.44. The molecule has 1 aromatic carbocycles. The number of carboxylic acid groups (broad SMARTS) is 1. The maximum Gasteiger partial charge on any atom is 0.326 e. The van der Waals surface area contributed by atoms with Crippen LogP contribution in [0.15, 0.2) is 30.3 Å². The molecule has 1 rings (SSSR count). The second-order valence-corrected chi connectivity index (χ2v) is 15.2. The summed E-state index contributed by atoms with van der Waals surface area (Å²) in [5.74, 6) is -4.99. The molecule has 0 saturated carbocycles. The van der Waals surface area contributed by atoms with Crippen LogP contribution in [0.2, 0.25) is 0 Å². The number of thioether (sulfide) groups is 1. The molecule has 0 aliphatic carbocycles. The zero-order chi connectivity index (χ0) is 40.4. The Morgan fingerprint density at radius 3 is 1.70 bits per heavy atom. The lowest BCUT2D eigenvalue weighted by Crippen LogP contribution is -2.60. The van der Waals surface area contributed by atoms with E-state index in [2.05, 4.69) is 31.9 Å². The fourth-order valence-electron chi connectivity index (χ4n) is 5.13. The van der Waals surface area contributed by atoms with Crippen molar-refractivity contribution in [3.63, 3.8) is 0 Å². The molecule has 298 valence electrons. The van der Waals surface area contributed by atoms with Crippen molar-refractivity contribution in [3.8, 4) is 0 Å². The molecule has 0 spiro atoms. The van der Waals surface area contributed by atoms with E-state index in [-0.39, 0.29) is 37.0 Å². The van der Waals surface area contributed by atoms with Gasteiger partial charge in [-0.3, -0.25) is 28.8 Å². The van der Waals surface area contributed by atoms with Crippen LogP contribution in [-0.2, 0) is 40.0 Å². The van der Waals surface area contributed by atoms with E-state index in [1.54, 1.807) is 51.1 Å². The lowest BCUT2D eigenvalue weighted by atomic mass is 9.97. The number of nitrogens with two attached hydrogens (primary N) is 1. The normalized spacial score (nSPS) is 15.8. The highest BCUT2D eigenvalue weighted by atomic mass is 32.2. The summed E-state index contributed by atoms with van der Waals surface area (Å²) in [6.07, 6.45) is 2.82. The van der Waals surface area contributed by atoms with E-state index in [9.17, 15) is 38.7 Å². The first kappa shape index (κ1) is 46.8. The van der Waals surface area contributed by atoms with Gasteiger partial charge in [-0.05, 0) is 62.0 Å². The minimum Gasteiger partial charge on any atom is -0.480 e. The Balaban J connectivity index is 3.06. The zero-order valence-corrected chi connectivity index (χ0v) is 33.3. The molecule has 0 aromatic heterocycles. The van der Waals surface area contributed by atoms with Crippen LogP contribution in [0.5, 0.6) is 0 Å². The average molecular weight is 764 g/mol. The standard InChI is InChI=1S/C37H61N7O8S/c1-10-22(6)30(36(50)41-26(16-17-53-9)33(47)43-28(37(51)52)19-25-14-12-11-13-15-25)44-32(46)24(8)39-34(48)27(18-20(2)3)42-31(45)23(7)40-35(49)29(38)21(4)5/h11-15,20-24,26-30H,10,16-19,38H2,1-9H3,(H,39,48)(H,40,49)(H,41,50)(H,42,45)(H,43,47)(H,44,46)(H,51,52)/t22-,23-,24-,26-,27-,28-,29-,30-/m0/s1. The molecule has 0 aliphatic rings. The fraction of sp³-hybridized carbons (Fsp3) is 0.649. The van der Waals surface area contributed by atoms with Crippen LogP contribution in [-0.4, -0.2) is 101 Å².